The number of nitrogens with one attached hydrogen (secondary N) is 4. The van der Waals surface area contributed by atoms with Gasteiger partial charge in [0.05, 0.1) is 35.5 Å². The summed E-state index contributed by atoms with van der Waals surface area (Å²) in [7, 11) is -3.46. The molecule has 0 bridgehead atoms. The van der Waals surface area contributed by atoms with Gasteiger partial charge in [-0.2, -0.15) is 0 Å². The van der Waals surface area contributed by atoms with Crippen molar-refractivity contribution in [1.29, 1.82) is 0 Å². The first-order chi connectivity index (χ1) is 31.1. The summed E-state index contributed by atoms with van der Waals surface area (Å²) in [5, 5.41) is 22.0. The Morgan fingerprint density at radius 1 is 0.955 bits per heavy atom. The fraction of sp³-hybridized carbons (Fsp3) is 0.548. The van der Waals surface area contributed by atoms with Crippen molar-refractivity contribution in [2.24, 2.45) is 13.0 Å². The molecule has 1 unspecified atom stereocenters. The molecule has 0 radical (unpaired) electrons. The van der Waals surface area contributed by atoms with Crippen LogP contribution in [0.4, 0.5) is 19.3 Å². The average molecular weight is 946 g/mol. The lowest BCUT2D eigenvalue weighted by atomic mass is 9.98. The van der Waals surface area contributed by atoms with Crippen molar-refractivity contribution in [3.63, 3.8) is 0 Å². The van der Waals surface area contributed by atoms with E-state index in [2.05, 4.69) is 26.3 Å². The third-order valence-electron chi connectivity index (χ3n) is 12.5. The first-order valence-corrected chi connectivity index (χ1v) is 23.2. The molecule has 3 aromatic rings. The quantitative estimate of drug-likeness (QED) is 0.123. The van der Waals surface area contributed by atoms with E-state index in [1.54, 1.807) is 36.1 Å². The van der Waals surface area contributed by atoms with Crippen LogP contribution in [0.3, 0.4) is 0 Å². The van der Waals surface area contributed by atoms with Crippen LogP contribution in [0.25, 0.3) is 11.0 Å². The number of anilines is 1. The number of esters is 1. The van der Waals surface area contributed by atoms with Crippen molar-refractivity contribution in [2.75, 3.05) is 25.0 Å². The molecule has 4 aliphatic heterocycles. The van der Waals surface area contributed by atoms with E-state index >= 15 is 4.79 Å². The van der Waals surface area contributed by atoms with E-state index in [4.69, 9.17) is 9.26 Å². The molecule has 66 heavy (non-hydrogen) atoms. The molecule has 0 aliphatic carbocycles. The molecule has 6 amide bonds. The second-order valence-corrected chi connectivity index (χ2v) is 18.7. The number of hydrogen-bond donors (Lipinski definition) is 7. The minimum absolute atomic E-state index is 0.0715. The lowest BCUT2D eigenvalue weighted by Gasteiger charge is -2.42. The van der Waals surface area contributed by atoms with Gasteiger partial charge in [0.2, 0.25) is 23.6 Å². The Balaban J connectivity index is 1.25. The highest BCUT2D eigenvalue weighted by molar-refractivity contribution is 7.46. The lowest BCUT2D eigenvalue weighted by Crippen LogP contribution is -2.64. The van der Waals surface area contributed by atoms with Crippen molar-refractivity contribution in [2.45, 2.75) is 114 Å². The maximum Gasteiger partial charge on any atom is 0.469 e. The number of phosphoric ester groups is 1. The Labute approximate surface area is 377 Å². The van der Waals surface area contributed by atoms with E-state index in [0.29, 0.717) is 29.9 Å². The molecule has 0 spiro atoms. The van der Waals surface area contributed by atoms with Gasteiger partial charge in [0.1, 0.15) is 48.1 Å². The maximum atomic E-state index is 15.0. The van der Waals surface area contributed by atoms with Crippen LogP contribution in [0.15, 0.2) is 42.7 Å². The number of phosphoric acid groups is 1. The zero-order chi connectivity index (χ0) is 47.8. The number of piperidine rings is 1. The molecule has 24 heteroatoms. The maximum absolute atomic E-state index is 15.0. The van der Waals surface area contributed by atoms with Crippen molar-refractivity contribution in [3.05, 3.63) is 59.9 Å². The number of benzene rings is 2. The number of nitrogens with zero attached hydrogens (tertiary/aromatic N) is 5. The Hall–Kier alpha value is -5.58. The monoisotopic (exact) mass is 945 g/mol. The number of ether oxygens (including phenoxy) is 1. The number of cyclic esters (lactones) is 1. The van der Waals surface area contributed by atoms with Gasteiger partial charge in [-0.1, -0.05) is 6.92 Å². The third kappa shape index (κ3) is 11.0. The summed E-state index contributed by atoms with van der Waals surface area (Å²) in [6.45, 7) is 4.27. The van der Waals surface area contributed by atoms with Crippen LogP contribution in [0.2, 0.25) is 0 Å². The van der Waals surface area contributed by atoms with Crippen LogP contribution in [0, 0.1) is 17.6 Å². The predicted molar refractivity (Wildman–Crippen MR) is 228 cm³/mol. The van der Waals surface area contributed by atoms with Gasteiger partial charge in [-0.3, -0.25) is 29.0 Å². The van der Waals surface area contributed by atoms with Crippen LogP contribution < -0.4 is 21.3 Å². The SMILES string of the molecule is C[C@@H]1C[C@H]2C(=O)O[C@@H](C)[C@H](NC(=O)[C@H](Cc3cc(F)cc(F)c3)NC(=O)Nc3ccc4ncn(C)c4c3)C(=O)N3C[C@H](OP(=O)(O)O)C[C@H]3C(=O)N3CCCC[C@H]3C(O)N[C@@H](C)C(=O)N2C1. The molecule has 7 rings (SSSR count). The molecule has 5 heterocycles. The van der Waals surface area contributed by atoms with Crippen molar-refractivity contribution >= 4 is 60.2 Å². The summed E-state index contributed by atoms with van der Waals surface area (Å²) in [6, 6.07) is -1.81. The number of aliphatic hydroxyl groups excluding tert-OH is 1. The number of rotatable bonds is 8. The zero-order valence-corrected chi connectivity index (χ0v) is 37.5. The van der Waals surface area contributed by atoms with Crippen molar-refractivity contribution < 1.29 is 66.3 Å². The van der Waals surface area contributed by atoms with Crippen LogP contribution >= 0.6 is 7.82 Å². The highest BCUT2D eigenvalue weighted by atomic mass is 31.2. The van der Waals surface area contributed by atoms with E-state index in [1.165, 1.54) is 23.6 Å². The van der Waals surface area contributed by atoms with E-state index < -0.39 is 129 Å². The molecule has 1 aromatic heterocycles. The largest absolute Gasteiger partial charge is 0.469 e. The van der Waals surface area contributed by atoms with Crippen LogP contribution in [-0.4, -0.2) is 149 Å². The van der Waals surface area contributed by atoms with E-state index in [-0.39, 0.29) is 43.1 Å². The summed E-state index contributed by atoms with van der Waals surface area (Å²) in [5.41, 5.74) is 1.50. The number of imidazole rings is 1. The molecular weight excluding hydrogens is 891 g/mol. The summed E-state index contributed by atoms with van der Waals surface area (Å²) in [4.78, 5) is 113. The van der Waals surface area contributed by atoms with Gasteiger partial charge < -0.3 is 54.8 Å². The van der Waals surface area contributed by atoms with Gasteiger partial charge in [0, 0.05) is 51.3 Å². The highest BCUT2D eigenvalue weighted by Crippen LogP contribution is 2.41. The fourth-order valence-corrected chi connectivity index (χ4v) is 9.88. The standard InChI is InChI=1S/C42H54F2N9O12P/c1-21-11-34-41(59)64-23(3)35(49-36(54)30(14-24-12-25(43)15-26(44)13-24)48-42(60)47-27-8-9-29-32(16-27)50(4)20-45-29)40(58)53-19-28(65-66(61,62)63)17-33(53)39(57)51-10-6-5-7-31(51)37(55)46-22(2)38(56)52(34)18-21/h8-9,12-13,15-16,20-23,28,30-31,33-35,37,46,55H,5-7,10-11,14,17-19H2,1-4H3,(H,49,54)(H2,47,48,60)(H2,61,62,63)/t21-,22+,23+,28-,30+,31+,33+,34+,35+,37?/m1/s1. The molecular formula is C42H54F2N9O12P. The number of aliphatic hydroxyl groups is 1. The molecule has 21 nitrogen and oxygen atoms in total. The topological polar surface area (TPSA) is 274 Å². The summed E-state index contributed by atoms with van der Waals surface area (Å²) < 4.78 is 53.7. The number of aromatic nitrogens is 2. The van der Waals surface area contributed by atoms with Crippen LogP contribution in [-0.2, 0) is 51.3 Å². The molecule has 4 aliphatic rings. The number of aryl methyl sites for hydroxylation is 1. The number of amides is 6. The van der Waals surface area contributed by atoms with Gasteiger partial charge >= 0.3 is 19.8 Å². The Morgan fingerprint density at radius 2 is 1.67 bits per heavy atom. The lowest BCUT2D eigenvalue weighted by molar-refractivity contribution is -0.163. The smallest absolute Gasteiger partial charge is 0.458 e. The minimum atomic E-state index is -5.20. The normalized spacial score (nSPS) is 28.4. The van der Waals surface area contributed by atoms with Gasteiger partial charge in [0.15, 0.2) is 0 Å². The molecule has 4 saturated heterocycles. The number of hydrogen-bond acceptors (Lipinski definition) is 12. The Kier molecular flexibility index (Phi) is 14.4. The van der Waals surface area contributed by atoms with Gasteiger partial charge in [0.25, 0.3) is 0 Å². The van der Waals surface area contributed by atoms with Gasteiger partial charge in [-0.05, 0) is 81.3 Å². The molecule has 4 fully saturated rings. The molecule has 0 saturated carbocycles. The predicted octanol–water partition coefficient (Wildman–Crippen LogP) is 1.01. The van der Waals surface area contributed by atoms with Crippen molar-refractivity contribution in [3.8, 4) is 0 Å². The van der Waals surface area contributed by atoms with Gasteiger partial charge in [-0.25, -0.2) is 27.9 Å². The number of halogens is 2. The van der Waals surface area contributed by atoms with E-state index in [1.807, 2.05) is 6.92 Å². The molecule has 10 atom stereocenters. The number of fused-ring (bicyclic) bond motifs is 4. The van der Waals surface area contributed by atoms with Crippen molar-refractivity contribution in [1.82, 2.24) is 40.2 Å². The molecule has 7 N–H and O–H groups in total. The second kappa shape index (κ2) is 19.7. The first-order valence-electron chi connectivity index (χ1n) is 21.7. The Bertz CT molecular complexity index is 2400. The fourth-order valence-electron chi connectivity index (χ4n) is 9.34. The second-order valence-electron chi connectivity index (χ2n) is 17.6. The summed E-state index contributed by atoms with van der Waals surface area (Å²) in [5.74, 6) is -6.54. The Morgan fingerprint density at radius 3 is 2.38 bits per heavy atom. The highest BCUT2D eigenvalue weighted by Gasteiger charge is 2.50. The minimum Gasteiger partial charge on any atom is -0.458 e. The molecule has 2 aromatic carbocycles. The van der Waals surface area contributed by atoms with Crippen LogP contribution in [0.1, 0.15) is 58.4 Å². The number of urea groups is 1. The van der Waals surface area contributed by atoms with Crippen LogP contribution in [0.5, 0.6) is 0 Å². The summed E-state index contributed by atoms with van der Waals surface area (Å²) >= 11 is 0. The number of carbonyl (C=O) groups is 6. The van der Waals surface area contributed by atoms with E-state index in [9.17, 15) is 52.2 Å². The summed E-state index contributed by atoms with van der Waals surface area (Å²) in [6.07, 6.45) is -2.31. The third-order valence-corrected chi connectivity index (χ3v) is 13.0. The van der Waals surface area contributed by atoms with E-state index in [0.717, 1.165) is 17.0 Å². The zero-order valence-electron chi connectivity index (χ0n) is 36.6. The average Bonchev–Trinajstić information content (AvgIpc) is 3.96. The first kappa shape index (κ1) is 48.4. The van der Waals surface area contributed by atoms with Gasteiger partial charge in [-0.15, -0.1) is 0 Å². The molecule has 358 valence electrons. The number of carbonyl (C=O) groups excluding carboxylic acids is 6.